The quantitative estimate of drug-likeness (QED) is 0.793. The van der Waals surface area contributed by atoms with E-state index in [1.807, 2.05) is 13.0 Å². The number of aromatic hydroxyl groups is 1. The molecule has 5 heteroatoms. The summed E-state index contributed by atoms with van der Waals surface area (Å²) in [7, 11) is 0. The predicted octanol–water partition coefficient (Wildman–Crippen LogP) is 3.76. The number of nitrogens with two attached hydrogens (primary N) is 1. The zero-order chi connectivity index (χ0) is 21.8. The molecule has 2 amide bonds. The number of nitrogens with zero attached hydrogens (tertiary/aromatic N) is 1. The summed E-state index contributed by atoms with van der Waals surface area (Å²) in [6.07, 6.45) is 5.08. The highest BCUT2D eigenvalue weighted by Crippen LogP contribution is 2.57. The van der Waals surface area contributed by atoms with E-state index in [4.69, 9.17) is 5.73 Å². The molecule has 2 bridgehead atoms. The number of amides is 2. The van der Waals surface area contributed by atoms with E-state index < -0.39 is 0 Å². The molecule has 1 heterocycles. The molecule has 3 atom stereocenters. The molecule has 5 nitrogen and oxygen atoms in total. The van der Waals surface area contributed by atoms with E-state index in [1.165, 1.54) is 5.56 Å². The summed E-state index contributed by atoms with van der Waals surface area (Å²) in [5, 5.41) is 10.6. The Bertz CT molecular complexity index is 856. The minimum Gasteiger partial charge on any atom is -0.508 e. The maximum absolute atomic E-state index is 13.6. The Morgan fingerprint density at radius 3 is 2.47 bits per heavy atom. The summed E-state index contributed by atoms with van der Waals surface area (Å²) in [6, 6.07) is 5.96. The molecule has 3 aliphatic rings. The molecule has 1 unspecified atom stereocenters. The molecule has 2 fully saturated rings. The molecule has 0 aromatic heterocycles. The van der Waals surface area contributed by atoms with Crippen LogP contribution in [0.5, 0.6) is 5.75 Å². The third-order valence-corrected chi connectivity index (χ3v) is 9.19. The van der Waals surface area contributed by atoms with Gasteiger partial charge in [-0.25, -0.2) is 0 Å². The molecule has 1 saturated heterocycles. The van der Waals surface area contributed by atoms with Crippen LogP contribution in [0.25, 0.3) is 0 Å². The lowest BCUT2D eigenvalue weighted by atomic mass is 9.51. The maximum atomic E-state index is 13.6. The maximum Gasteiger partial charge on any atom is 0.225 e. The monoisotopic (exact) mass is 412 g/mol. The van der Waals surface area contributed by atoms with Crippen molar-refractivity contribution >= 4 is 11.8 Å². The van der Waals surface area contributed by atoms with E-state index >= 15 is 0 Å². The first kappa shape index (κ1) is 21.2. The molecule has 4 rings (SSSR count). The van der Waals surface area contributed by atoms with Crippen LogP contribution in [0.4, 0.5) is 0 Å². The Kier molecular flexibility index (Phi) is 5.14. The fraction of sp³-hybridized carbons (Fsp3) is 0.680. The van der Waals surface area contributed by atoms with Gasteiger partial charge in [0.2, 0.25) is 11.8 Å². The number of rotatable bonds is 3. The number of benzene rings is 1. The highest BCUT2D eigenvalue weighted by Gasteiger charge is 2.57. The van der Waals surface area contributed by atoms with Crippen molar-refractivity contribution in [1.29, 1.82) is 0 Å². The zero-order valence-corrected chi connectivity index (χ0v) is 18.8. The molecule has 0 spiro atoms. The van der Waals surface area contributed by atoms with Crippen LogP contribution >= 0.6 is 0 Å². The SMILES string of the molecule is CC(C(N)=O)C1CCC(C(=O)N2CC[C@@]3(C)c4cccc(O)c4C[C@@H]2C3(C)C)CC1. The van der Waals surface area contributed by atoms with Crippen molar-refractivity contribution in [3.05, 3.63) is 29.3 Å². The van der Waals surface area contributed by atoms with Gasteiger partial charge in [-0.3, -0.25) is 9.59 Å². The Morgan fingerprint density at radius 2 is 1.83 bits per heavy atom. The minimum atomic E-state index is -0.234. The molecule has 1 aromatic rings. The lowest BCUT2D eigenvalue weighted by Crippen LogP contribution is -2.65. The summed E-state index contributed by atoms with van der Waals surface area (Å²) in [6.45, 7) is 9.56. The molecule has 30 heavy (non-hydrogen) atoms. The lowest BCUT2D eigenvalue weighted by molar-refractivity contribution is -0.149. The van der Waals surface area contributed by atoms with Gasteiger partial charge in [0.05, 0.1) is 0 Å². The van der Waals surface area contributed by atoms with E-state index in [-0.39, 0.29) is 40.5 Å². The van der Waals surface area contributed by atoms with Gasteiger partial charge < -0.3 is 15.7 Å². The summed E-state index contributed by atoms with van der Waals surface area (Å²) in [5.41, 5.74) is 7.62. The van der Waals surface area contributed by atoms with Crippen molar-refractivity contribution in [3.8, 4) is 5.75 Å². The number of primary amides is 1. The fourth-order valence-corrected chi connectivity index (χ4v) is 6.52. The number of phenolic OH excluding ortho intramolecular Hbond substituents is 1. The normalized spacial score (nSPS) is 33.5. The van der Waals surface area contributed by atoms with Gasteiger partial charge in [-0.2, -0.15) is 0 Å². The van der Waals surface area contributed by atoms with Crippen molar-refractivity contribution in [2.45, 2.75) is 77.7 Å². The molecule has 2 aliphatic carbocycles. The van der Waals surface area contributed by atoms with Crippen LogP contribution in [-0.2, 0) is 21.4 Å². The lowest BCUT2D eigenvalue weighted by Gasteiger charge is -2.61. The van der Waals surface area contributed by atoms with Crippen LogP contribution in [0.3, 0.4) is 0 Å². The summed E-state index contributed by atoms with van der Waals surface area (Å²) in [5.74, 6) is 0.600. The van der Waals surface area contributed by atoms with Crippen LogP contribution in [0.2, 0.25) is 0 Å². The van der Waals surface area contributed by atoms with Crippen molar-refractivity contribution in [2.75, 3.05) is 6.54 Å². The van der Waals surface area contributed by atoms with Gasteiger partial charge in [-0.15, -0.1) is 0 Å². The van der Waals surface area contributed by atoms with E-state index in [9.17, 15) is 14.7 Å². The molecular formula is C25H36N2O3. The Labute approximate surface area is 180 Å². The number of carbonyl (C=O) groups excluding carboxylic acids is 2. The first-order chi connectivity index (χ1) is 14.1. The van der Waals surface area contributed by atoms with E-state index in [1.54, 1.807) is 6.07 Å². The van der Waals surface area contributed by atoms with E-state index in [2.05, 4.69) is 31.7 Å². The van der Waals surface area contributed by atoms with Crippen LogP contribution in [0, 0.1) is 23.2 Å². The largest absolute Gasteiger partial charge is 0.508 e. The van der Waals surface area contributed by atoms with Gasteiger partial charge in [-0.05, 0) is 67.1 Å². The fourth-order valence-electron chi connectivity index (χ4n) is 6.52. The van der Waals surface area contributed by atoms with Crippen molar-refractivity contribution in [1.82, 2.24) is 4.90 Å². The molecule has 1 aliphatic heterocycles. The van der Waals surface area contributed by atoms with Gasteiger partial charge >= 0.3 is 0 Å². The molecule has 164 valence electrons. The Hall–Kier alpha value is -2.04. The Balaban J connectivity index is 1.56. The van der Waals surface area contributed by atoms with Crippen LogP contribution in [0.15, 0.2) is 18.2 Å². The number of hydrogen-bond donors (Lipinski definition) is 2. The standard InChI is InChI=1S/C25H36N2O3/c1-15(22(26)29)16-8-10-17(11-9-16)23(30)27-13-12-25(4)19-6-5-7-20(28)18(19)14-21(27)24(25,2)3/h5-7,15-17,21,28H,8-14H2,1-4H3,(H2,26,29)/t15?,16?,17?,21-,25+/m1/s1. The van der Waals surface area contributed by atoms with E-state index in [0.717, 1.165) is 44.2 Å². The topological polar surface area (TPSA) is 83.6 Å². The molecule has 3 N–H and O–H groups in total. The Morgan fingerprint density at radius 1 is 1.17 bits per heavy atom. The second kappa shape index (κ2) is 7.28. The molecule has 1 aromatic carbocycles. The van der Waals surface area contributed by atoms with Crippen molar-refractivity contribution < 1.29 is 14.7 Å². The highest BCUT2D eigenvalue weighted by molar-refractivity contribution is 5.80. The van der Waals surface area contributed by atoms with Gasteiger partial charge in [0.1, 0.15) is 5.75 Å². The average Bonchev–Trinajstić information content (AvgIpc) is 2.70. The van der Waals surface area contributed by atoms with Gasteiger partial charge in [-0.1, -0.05) is 39.8 Å². The highest BCUT2D eigenvalue weighted by atomic mass is 16.3. The molecule has 1 saturated carbocycles. The minimum absolute atomic E-state index is 0.0345. The van der Waals surface area contributed by atoms with Crippen molar-refractivity contribution in [3.63, 3.8) is 0 Å². The number of phenols is 1. The second-order valence-corrected chi connectivity index (χ2v) is 10.7. The number of fused-ring (bicyclic) bond motifs is 4. The van der Waals surface area contributed by atoms with E-state index in [0.29, 0.717) is 18.1 Å². The van der Waals surface area contributed by atoms with Gasteiger partial charge in [0.25, 0.3) is 0 Å². The summed E-state index contributed by atoms with van der Waals surface area (Å²) >= 11 is 0. The number of likely N-dealkylation sites (tertiary alicyclic amines) is 1. The van der Waals surface area contributed by atoms with Crippen LogP contribution in [-0.4, -0.2) is 34.4 Å². The molecule has 0 radical (unpaired) electrons. The number of piperidine rings is 1. The smallest absolute Gasteiger partial charge is 0.225 e. The summed E-state index contributed by atoms with van der Waals surface area (Å²) < 4.78 is 0. The average molecular weight is 413 g/mol. The zero-order valence-electron chi connectivity index (χ0n) is 18.8. The number of hydrogen-bond acceptors (Lipinski definition) is 3. The predicted molar refractivity (Wildman–Crippen MR) is 117 cm³/mol. The van der Waals surface area contributed by atoms with Crippen molar-refractivity contribution in [2.24, 2.45) is 28.9 Å². The third-order valence-electron chi connectivity index (χ3n) is 9.19. The van der Waals surface area contributed by atoms with Crippen LogP contribution in [0.1, 0.15) is 70.9 Å². The van der Waals surface area contributed by atoms with Gasteiger partial charge in [0, 0.05) is 29.8 Å². The van der Waals surface area contributed by atoms with Crippen LogP contribution < -0.4 is 5.73 Å². The first-order valence-electron chi connectivity index (χ1n) is 11.5. The first-order valence-corrected chi connectivity index (χ1v) is 11.5. The van der Waals surface area contributed by atoms with Gasteiger partial charge in [0.15, 0.2) is 0 Å². The number of carbonyl (C=O) groups is 2. The second-order valence-electron chi connectivity index (χ2n) is 10.7. The summed E-state index contributed by atoms with van der Waals surface area (Å²) in [4.78, 5) is 27.3. The molecular weight excluding hydrogens is 376 g/mol. The third kappa shape index (κ3) is 3.04.